The van der Waals surface area contributed by atoms with Gasteiger partial charge in [-0.05, 0) is 0 Å². The minimum absolute atomic E-state index is 0.232. The summed E-state index contributed by atoms with van der Waals surface area (Å²) in [6, 6.07) is 23.1. The maximum atomic E-state index is 11.3. The number of carbonyl (C=O) groups is 1. The highest BCUT2D eigenvalue weighted by Crippen LogP contribution is 2.24. The molecule has 3 aromatic rings. The first-order chi connectivity index (χ1) is 10.7. The molecule has 0 aliphatic rings. The van der Waals surface area contributed by atoms with Gasteiger partial charge in [0, 0.05) is 30.2 Å². The van der Waals surface area contributed by atoms with Gasteiger partial charge in [-0.1, -0.05) is 60.7 Å². The van der Waals surface area contributed by atoms with E-state index in [-0.39, 0.29) is 5.91 Å². The SMILES string of the molecule is CC(=O)N=c1cc(-c2ccccc2)oc(-c2ccccc2)c1. The Bertz CT molecular complexity index is 789. The Labute approximate surface area is 128 Å². The van der Waals surface area contributed by atoms with E-state index in [1.54, 1.807) is 12.1 Å². The molecule has 2 aromatic carbocycles. The van der Waals surface area contributed by atoms with Crippen molar-refractivity contribution in [2.75, 3.05) is 0 Å². The Morgan fingerprint density at radius 1 is 0.818 bits per heavy atom. The molecule has 0 unspecified atom stereocenters. The minimum Gasteiger partial charge on any atom is -0.456 e. The first-order valence-corrected chi connectivity index (χ1v) is 7.04. The number of hydrogen-bond acceptors (Lipinski definition) is 2. The van der Waals surface area contributed by atoms with Crippen molar-refractivity contribution in [2.24, 2.45) is 4.99 Å². The summed E-state index contributed by atoms with van der Waals surface area (Å²) in [5.41, 5.74) is 1.89. The smallest absolute Gasteiger partial charge is 0.243 e. The number of amides is 1. The van der Waals surface area contributed by atoms with Gasteiger partial charge in [0.2, 0.25) is 5.91 Å². The fourth-order valence-corrected chi connectivity index (χ4v) is 2.22. The second kappa shape index (κ2) is 6.22. The molecular weight excluding hydrogens is 274 g/mol. The van der Waals surface area contributed by atoms with Crippen molar-refractivity contribution < 1.29 is 9.21 Å². The Morgan fingerprint density at radius 2 is 1.27 bits per heavy atom. The van der Waals surface area contributed by atoms with Gasteiger partial charge in [-0.15, -0.1) is 0 Å². The van der Waals surface area contributed by atoms with Crippen LogP contribution in [0.1, 0.15) is 6.92 Å². The van der Waals surface area contributed by atoms with Gasteiger partial charge in [-0.25, -0.2) is 4.99 Å². The number of carbonyl (C=O) groups excluding carboxylic acids is 1. The quantitative estimate of drug-likeness (QED) is 0.714. The monoisotopic (exact) mass is 289 g/mol. The molecule has 0 spiro atoms. The predicted octanol–water partition coefficient (Wildman–Crippen LogP) is 4.06. The highest BCUT2D eigenvalue weighted by Gasteiger charge is 2.06. The van der Waals surface area contributed by atoms with Crippen LogP contribution in [0.5, 0.6) is 0 Å². The van der Waals surface area contributed by atoms with Crippen LogP contribution in [-0.4, -0.2) is 5.91 Å². The molecule has 22 heavy (non-hydrogen) atoms. The summed E-state index contributed by atoms with van der Waals surface area (Å²) in [5.74, 6) is 1.13. The van der Waals surface area contributed by atoms with E-state index >= 15 is 0 Å². The van der Waals surface area contributed by atoms with Crippen LogP contribution in [0.25, 0.3) is 22.6 Å². The van der Waals surface area contributed by atoms with Crippen LogP contribution in [0.3, 0.4) is 0 Å². The van der Waals surface area contributed by atoms with Crippen molar-refractivity contribution >= 4 is 5.91 Å². The molecule has 1 aromatic heterocycles. The first-order valence-electron chi connectivity index (χ1n) is 7.04. The van der Waals surface area contributed by atoms with Crippen molar-refractivity contribution in [3.8, 4) is 22.6 Å². The molecule has 0 N–H and O–H groups in total. The summed E-state index contributed by atoms with van der Waals surface area (Å²) in [5, 5.41) is 0.594. The van der Waals surface area contributed by atoms with Crippen molar-refractivity contribution in [1.82, 2.24) is 0 Å². The Morgan fingerprint density at radius 3 is 1.68 bits per heavy atom. The molecular formula is C19H15NO2. The van der Waals surface area contributed by atoms with Crippen LogP contribution >= 0.6 is 0 Å². The molecule has 3 heteroatoms. The predicted molar refractivity (Wildman–Crippen MR) is 85.8 cm³/mol. The lowest BCUT2D eigenvalue weighted by molar-refractivity contribution is -0.116. The van der Waals surface area contributed by atoms with Gasteiger partial charge in [-0.3, -0.25) is 4.79 Å². The van der Waals surface area contributed by atoms with Crippen LogP contribution < -0.4 is 5.36 Å². The van der Waals surface area contributed by atoms with Gasteiger partial charge in [0.05, 0.1) is 5.36 Å². The second-order valence-electron chi connectivity index (χ2n) is 4.91. The summed E-state index contributed by atoms with van der Waals surface area (Å²) in [4.78, 5) is 15.3. The standard InChI is InChI=1S/C19H15NO2/c1-14(21)20-17-12-18(15-8-4-2-5-9-15)22-19(13-17)16-10-6-3-7-11-16/h2-13H,1H3. The topological polar surface area (TPSA) is 42.6 Å². The minimum atomic E-state index is -0.232. The Hall–Kier alpha value is -2.94. The molecule has 0 atom stereocenters. The largest absolute Gasteiger partial charge is 0.456 e. The zero-order valence-electron chi connectivity index (χ0n) is 12.2. The van der Waals surface area contributed by atoms with Gasteiger partial charge in [0.1, 0.15) is 11.5 Å². The van der Waals surface area contributed by atoms with Crippen LogP contribution in [0.2, 0.25) is 0 Å². The molecule has 0 saturated heterocycles. The van der Waals surface area contributed by atoms with E-state index in [1.165, 1.54) is 6.92 Å². The number of hydrogen-bond donors (Lipinski definition) is 0. The molecule has 3 nitrogen and oxygen atoms in total. The summed E-state index contributed by atoms with van der Waals surface area (Å²) in [6.45, 7) is 1.44. The molecule has 0 radical (unpaired) electrons. The molecule has 0 bridgehead atoms. The van der Waals surface area contributed by atoms with Crippen LogP contribution in [0, 0.1) is 0 Å². The molecule has 0 aliphatic carbocycles. The maximum Gasteiger partial charge on any atom is 0.243 e. The zero-order chi connectivity index (χ0) is 15.4. The summed E-state index contributed by atoms with van der Waals surface area (Å²) < 4.78 is 6.00. The number of benzene rings is 2. The van der Waals surface area contributed by atoms with Crippen molar-refractivity contribution in [1.29, 1.82) is 0 Å². The molecule has 0 aliphatic heterocycles. The van der Waals surface area contributed by atoms with E-state index in [4.69, 9.17) is 4.42 Å². The molecule has 0 saturated carbocycles. The van der Waals surface area contributed by atoms with Gasteiger partial charge in [0.25, 0.3) is 0 Å². The normalized spacial score (nSPS) is 10.2. The summed E-state index contributed by atoms with van der Waals surface area (Å²) in [7, 11) is 0. The third kappa shape index (κ3) is 3.20. The van der Waals surface area contributed by atoms with Crippen LogP contribution in [-0.2, 0) is 4.79 Å². The molecule has 1 heterocycles. The average Bonchev–Trinajstić information content (AvgIpc) is 2.55. The Kier molecular flexibility index (Phi) is 3.97. The molecule has 1 amide bonds. The van der Waals surface area contributed by atoms with Crippen molar-refractivity contribution in [2.45, 2.75) is 6.92 Å². The van der Waals surface area contributed by atoms with Gasteiger partial charge >= 0.3 is 0 Å². The third-order valence-electron chi connectivity index (χ3n) is 3.18. The summed E-state index contributed by atoms with van der Waals surface area (Å²) in [6.07, 6.45) is 0. The lowest BCUT2D eigenvalue weighted by atomic mass is 10.1. The zero-order valence-corrected chi connectivity index (χ0v) is 12.2. The highest BCUT2D eigenvalue weighted by molar-refractivity contribution is 5.74. The highest BCUT2D eigenvalue weighted by atomic mass is 16.3. The van der Waals surface area contributed by atoms with Crippen LogP contribution in [0.4, 0.5) is 0 Å². The van der Waals surface area contributed by atoms with Gasteiger partial charge in [0.15, 0.2) is 0 Å². The Balaban J connectivity index is 2.21. The van der Waals surface area contributed by atoms with Crippen molar-refractivity contribution in [3.63, 3.8) is 0 Å². The average molecular weight is 289 g/mol. The van der Waals surface area contributed by atoms with Gasteiger partial charge < -0.3 is 4.42 Å². The number of nitrogens with zero attached hydrogens (tertiary/aromatic N) is 1. The van der Waals surface area contributed by atoms with E-state index < -0.39 is 0 Å². The van der Waals surface area contributed by atoms with E-state index in [2.05, 4.69) is 4.99 Å². The molecule has 0 fully saturated rings. The van der Waals surface area contributed by atoms with E-state index in [9.17, 15) is 4.79 Å². The van der Waals surface area contributed by atoms with E-state index in [0.29, 0.717) is 16.9 Å². The molecule has 108 valence electrons. The van der Waals surface area contributed by atoms with E-state index in [1.807, 2.05) is 60.7 Å². The number of rotatable bonds is 2. The van der Waals surface area contributed by atoms with Crippen molar-refractivity contribution in [3.05, 3.63) is 78.2 Å². The fraction of sp³-hybridized carbons (Fsp3) is 0.0526. The maximum absolute atomic E-state index is 11.3. The third-order valence-corrected chi connectivity index (χ3v) is 3.18. The van der Waals surface area contributed by atoms with E-state index in [0.717, 1.165) is 11.1 Å². The lowest BCUT2D eigenvalue weighted by Crippen LogP contribution is -2.05. The fourth-order valence-electron chi connectivity index (χ4n) is 2.22. The second-order valence-corrected chi connectivity index (χ2v) is 4.91. The van der Waals surface area contributed by atoms with Crippen LogP contribution in [0.15, 0.2) is 82.2 Å². The summed E-state index contributed by atoms with van der Waals surface area (Å²) >= 11 is 0. The lowest BCUT2D eigenvalue weighted by Gasteiger charge is -2.06. The first kappa shape index (κ1) is 14.0. The van der Waals surface area contributed by atoms with Gasteiger partial charge in [-0.2, -0.15) is 0 Å². The molecule has 3 rings (SSSR count).